The molecule has 2 N–H and O–H groups in total. The number of halogens is 1. The predicted octanol–water partition coefficient (Wildman–Crippen LogP) is 3.27. The van der Waals surface area contributed by atoms with Gasteiger partial charge in [0.15, 0.2) is 0 Å². The molecule has 11 heteroatoms. The van der Waals surface area contributed by atoms with Gasteiger partial charge in [-0.2, -0.15) is 9.78 Å². The molecular weight excluding hydrogens is 489 g/mol. The number of nitrogens with zero attached hydrogens (tertiary/aromatic N) is 6. The number of carbonyl (C=O) groups is 2. The van der Waals surface area contributed by atoms with E-state index in [1.54, 1.807) is 65.5 Å². The summed E-state index contributed by atoms with van der Waals surface area (Å²) in [4.78, 5) is 45.2. The second-order valence-electron chi connectivity index (χ2n) is 9.14. The van der Waals surface area contributed by atoms with Gasteiger partial charge in [-0.15, -0.1) is 0 Å². The number of urea groups is 1. The first-order chi connectivity index (χ1) is 18.2. The van der Waals surface area contributed by atoms with Gasteiger partial charge < -0.3 is 5.73 Å². The molecule has 2 aromatic carbocycles. The predicted molar refractivity (Wildman–Crippen MR) is 141 cm³/mol. The summed E-state index contributed by atoms with van der Waals surface area (Å²) in [6, 6.07) is 12.3. The number of amides is 3. The molecule has 0 saturated carbocycles. The molecule has 194 valence electrons. The summed E-state index contributed by atoms with van der Waals surface area (Å²) in [6.07, 6.45) is 3.41. The van der Waals surface area contributed by atoms with Gasteiger partial charge >= 0.3 is 11.7 Å². The Morgan fingerprint density at radius 3 is 2.55 bits per heavy atom. The zero-order valence-electron chi connectivity index (χ0n) is 21.1. The monoisotopic (exact) mass is 515 g/mol. The summed E-state index contributed by atoms with van der Waals surface area (Å²) in [6.45, 7) is 4.18. The fraction of sp³-hybridized carbons (Fsp3) is 0.222. The number of hydrogen-bond acceptors (Lipinski definition) is 5. The van der Waals surface area contributed by atoms with Crippen molar-refractivity contribution in [3.8, 4) is 16.8 Å². The number of pyridine rings is 1. The van der Waals surface area contributed by atoms with Crippen LogP contribution in [0, 0.1) is 5.82 Å². The standard InChI is InChI=1S/C27H26FN7O3/c1-4-20-21(22-9-8-19(13-23(22)28)35-26(37)32(3)15-31-35)10-11-30-25(20)33-14-16(2)34(27(33)38)18-7-5-6-17(12-18)24(29)36/h5-13,15-16H,4,14H2,1-3H3,(H2,29,36)/t16-/m0/s1. The van der Waals surface area contributed by atoms with Gasteiger partial charge in [0, 0.05) is 48.2 Å². The van der Waals surface area contributed by atoms with Crippen LogP contribution in [0.5, 0.6) is 0 Å². The summed E-state index contributed by atoms with van der Waals surface area (Å²) < 4.78 is 17.8. The molecule has 0 bridgehead atoms. The minimum Gasteiger partial charge on any atom is -0.366 e. The molecule has 3 heterocycles. The Labute approximate surface area is 217 Å². The van der Waals surface area contributed by atoms with Gasteiger partial charge in [-0.1, -0.05) is 13.0 Å². The molecule has 1 atom stereocenters. The minimum atomic E-state index is -0.577. The van der Waals surface area contributed by atoms with Gasteiger partial charge in [-0.05, 0) is 55.3 Å². The molecule has 2 aromatic heterocycles. The van der Waals surface area contributed by atoms with E-state index in [1.165, 1.54) is 17.0 Å². The van der Waals surface area contributed by atoms with Gasteiger partial charge in [0.25, 0.3) is 0 Å². The maximum Gasteiger partial charge on any atom is 0.350 e. The highest BCUT2D eigenvalue weighted by Gasteiger charge is 2.38. The van der Waals surface area contributed by atoms with Gasteiger partial charge in [-0.3, -0.25) is 19.2 Å². The lowest BCUT2D eigenvalue weighted by Gasteiger charge is -2.22. The quantitative estimate of drug-likeness (QED) is 0.423. The average Bonchev–Trinajstić information content (AvgIpc) is 3.40. The van der Waals surface area contributed by atoms with Crippen LogP contribution in [-0.2, 0) is 13.5 Å². The number of carbonyl (C=O) groups excluding carboxylic acids is 2. The lowest BCUT2D eigenvalue weighted by molar-refractivity contribution is 0.1000. The van der Waals surface area contributed by atoms with Crippen LogP contribution < -0.4 is 21.2 Å². The molecule has 1 fully saturated rings. The fourth-order valence-corrected chi connectivity index (χ4v) is 4.82. The van der Waals surface area contributed by atoms with Crippen LogP contribution >= 0.6 is 0 Å². The molecule has 0 spiro atoms. The first-order valence-corrected chi connectivity index (χ1v) is 12.1. The number of primary amides is 1. The van der Waals surface area contributed by atoms with E-state index in [1.807, 2.05) is 13.8 Å². The van der Waals surface area contributed by atoms with Crippen LogP contribution in [0.1, 0.15) is 29.8 Å². The Kier molecular flexibility index (Phi) is 6.27. The summed E-state index contributed by atoms with van der Waals surface area (Å²) in [5, 5.41) is 4.01. The molecule has 1 aliphatic heterocycles. The van der Waals surface area contributed by atoms with E-state index in [9.17, 15) is 14.4 Å². The third-order valence-corrected chi connectivity index (χ3v) is 6.69. The summed E-state index contributed by atoms with van der Waals surface area (Å²) in [5.41, 5.74) is 7.85. The molecule has 1 saturated heterocycles. The van der Waals surface area contributed by atoms with Crippen molar-refractivity contribution in [2.24, 2.45) is 12.8 Å². The molecule has 3 amide bonds. The first-order valence-electron chi connectivity index (χ1n) is 12.1. The van der Waals surface area contributed by atoms with E-state index in [0.717, 1.165) is 4.68 Å². The van der Waals surface area contributed by atoms with E-state index in [2.05, 4.69) is 10.1 Å². The molecule has 0 radical (unpaired) electrons. The minimum absolute atomic E-state index is 0.214. The van der Waals surface area contributed by atoms with E-state index in [4.69, 9.17) is 5.73 Å². The maximum absolute atomic E-state index is 15.4. The van der Waals surface area contributed by atoms with Crippen molar-refractivity contribution >= 4 is 23.4 Å². The van der Waals surface area contributed by atoms with Crippen molar-refractivity contribution in [3.63, 3.8) is 0 Å². The number of benzene rings is 2. The Balaban J connectivity index is 1.52. The molecule has 4 aromatic rings. The molecule has 1 aliphatic rings. The van der Waals surface area contributed by atoms with Crippen molar-refractivity contribution < 1.29 is 14.0 Å². The largest absolute Gasteiger partial charge is 0.366 e. The third kappa shape index (κ3) is 4.11. The molecule has 0 aliphatic carbocycles. The Bertz CT molecular complexity index is 1630. The van der Waals surface area contributed by atoms with Gasteiger partial charge in [-0.25, -0.2) is 19.0 Å². The van der Waals surface area contributed by atoms with Crippen LogP contribution in [0.15, 0.2) is 65.8 Å². The molecule has 0 unspecified atom stereocenters. The number of aromatic nitrogens is 4. The van der Waals surface area contributed by atoms with Crippen molar-refractivity contribution in [1.29, 1.82) is 0 Å². The molecule has 10 nitrogen and oxygen atoms in total. The zero-order chi connectivity index (χ0) is 27.1. The second-order valence-corrected chi connectivity index (χ2v) is 9.14. The first kappa shape index (κ1) is 24.9. The molecule has 5 rings (SSSR count). The lowest BCUT2D eigenvalue weighted by Crippen LogP contribution is -2.34. The van der Waals surface area contributed by atoms with Crippen molar-refractivity contribution in [2.45, 2.75) is 26.3 Å². The SMILES string of the molecule is CCc1c(-c2ccc(-n3ncn(C)c3=O)cc2F)ccnc1N1C[C@H](C)N(c2cccc(C(N)=O)c2)C1=O. The van der Waals surface area contributed by atoms with Gasteiger partial charge in [0.2, 0.25) is 5.91 Å². The highest BCUT2D eigenvalue weighted by atomic mass is 19.1. The second kappa shape index (κ2) is 9.58. The van der Waals surface area contributed by atoms with E-state index in [-0.39, 0.29) is 17.8 Å². The maximum atomic E-state index is 15.4. The van der Waals surface area contributed by atoms with Crippen molar-refractivity contribution in [2.75, 3.05) is 16.3 Å². The number of rotatable bonds is 6. The number of hydrogen-bond donors (Lipinski definition) is 1. The van der Waals surface area contributed by atoms with Crippen LogP contribution in [0.2, 0.25) is 0 Å². The fourth-order valence-electron chi connectivity index (χ4n) is 4.82. The van der Waals surface area contributed by atoms with Crippen LogP contribution in [0.3, 0.4) is 0 Å². The van der Waals surface area contributed by atoms with E-state index < -0.39 is 11.7 Å². The molecule has 38 heavy (non-hydrogen) atoms. The average molecular weight is 516 g/mol. The number of aryl methyl sites for hydroxylation is 1. The van der Waals surface area contributed by atoms with E-state index >= 15 is 4.39 Å². The highest BCUT2D eigenvalue weighted by molar-refractivity contribution is 6.07. The Morgan fingerprint density at radius 1 is 1.11 bits per heavy atom. The van der Waals surface area contributed by atoms with Crippen LogP contribution in [-0.4, -0.2) is 43.9 Å². The number of anilines is 2. The van der Waals surface area contributed by atoms with Gasteiger partial charge in [0.1, 0.15) is 18.0 Å². The van der Waals surface area contributed by atoms with Crippen molar-refractivity contribution in [1.82, 2.24) is 19.3 Å². The summed E-state index contributed by atoms with van der Waals surface area (Å²) in [7, 11) is 1.57. The highest BCUT2D eigenvalue weighted by Crippen LogP contribution is 2.36. The summed E-state index contributed by atoms with van der Waals surface area (Å²) >= 11 is 0. The number of nitrogens with two attached hydrogens (primary N) is 1. The summed E-state index contributed by atoms with van der Waals surface area (Å²) in [5.74, 6) is -0.663. The van der Waals surface area contributed by atoms with Crippen LogP contribution in [0.25, 0.3) is 16.8 Å². The smallest absolute Gasteiger partial charge is 0.350 e. The zero-order valence-corrected chi connectivity index (χ0v) is 21.1. The Hall–Kier alpha value is -4.80. The van der Waals surface area contributed by atoms with E-state index in [0.29, 0.717) is 52.4 Å². The molecular formula is C27H26FN7O3. The Morgan fingerprint density at radius 2 is 1.89 bits per heavy atom. The van der Waals surface area contributed by atoms with Crippen molar-refractivity contribution in [3.05, 3.63) is 88.5 Å². The van der Waals surface area contributed by atoms with Gasteiger partial charge in [0.05, 0.1) is 11.7 Å². The van der Waals surface area contributed by atoms with Crippen LogP contribution in [0.4, 0.5) is 20.7 Å². The lowest BCUT2D eigenvalue weighted by atomic mass is 9.98. The third-order valence-electron chi connectivity index (χ3n) is 6.69. The topological polar surface area (TPSA) is 119 Å². The normalized spacial score (nSPS) is 15.4.